The number of aromatic nitrogens is 1. The topological polar surface area (TPSA) is 66.7 Å². The van der Waals surface area contributed by atoms with Crippen LogP contribution < -0.4 is 0 Å². The van der Waals surface area contributed by atoms with Crippen LogP contribution in [0.4, 0.5) is 0 Å². The normalized spacial score (nSPS) is 24.3. The second-order valence-electron chi connectivity index (χ2n) is 7.30. The van der Waals surface area contributed by atoms with Crippen molar-refractivity contribution in [2.45, 2.75) is 51.0 Å². The fourth-order valence-corrected chi connectivity index (χ4v) is 6.04. The molecule has 8 heteroatoms. The average molecular weight is 398 g/mol. The number of benzene rings is 1. The SMILES string of the molecule is C[C@@H]1CCCCN1S(=O)(=O)N1CCC(c2nc3cc(Cl)ccc3o2)CC1. The zero-order valence-electron chi connectivity index (χ0n) is 14.9. The van der Waals surface area contributed by atoms with Crippen LogP contribution in [0.1, 0.15) is 50.8 Å². The van der Waals surface area contributed by atoms with E-state index in [0.29, 0.717) is 30.5 Å². The first-order valence-electron chi connectivity index (χ1n) is 9.28. The van der Waals surface area contributed by atoms with Gasteiger partial charge in [0, 0.05) is 36.6 Å². The number of piperidine rings is 2. The van der Waals surface area contributed by atoms with Gasteiger partial charge in [0.25, 0.3) is 10.2 Å². The van der Waals surface area contributed by atoms with Crippen LogP contribution in [0, 0.1) is 0 Å². The second kappa shape index (κ2) is 7.11. The molecular formula is C18H24ClN3O3S. The molecule has 2 saturated heterocycles. The molecule has 0 saturated carbocycles. The number of rotatable bonds is 3. The quantitative estimate of drug-likeness (QED) is 0.790. The molecule has 3 heterocycles. The largest absolute Gasteiger partial charge is 0.440 e. The first-order valence-corrected chi connectivity index (χ1v) is 11.1. The van der Waals surface area contributed by atoms with Gasteiger partial charge in [0.1, 0.15) is 5.52 Å². The van der Waals surface area contributed by atoms with E-state index in [2.05, 4.69) is 4.98 Å². The van der Waals surface area contributed by atoms with E-state index in [1.165, 1.54) is 0 Å². The highest BCUT2D eigenvalue weighted by molar-refractivity contribution is 7.86. The molecule has 0 aliphatic carbocycles. The number of nitrogens with zero attached hydrogens (tertiary/aromatic N) is 3. The Bertz CT molecular complexity index is 890. The van der Waals surface area contributed by atoms with Gasteiger partial charge in [-0.05, 0) is 50.8 Å². The summed E-state index contributed by atoms with van der Waals surface area (Å²) < 4.78 is 35.1. The summed E-state index contributed by atoms with van der Waals surface area (Å²) in [6, 6.07) is 5.49. The van der Waals surface area contributed by atoms with E-state index >= 15 is 0 Å². The Labute approximate surface area is 159 Å². The van der Waals surface area contributed by atoms with Crippen LogP contribution in [-0.2, 0) is 10.2 Å². The molecule has 4 rings (SSSR count). The molecule has 1 atom stereocenters. The van der Waals surface area contributed by atoms with E-state index in [0.717, 1.165) is 43.2 Å². The van der Waals surface area contributed by atoms with Crippen LogP contribution in [0.15, 0.2) is 22.6 Å². The summed E-state index contributed by atoms with van der Waals surface area (Å²) in [6.45, 7) is 3.66. The molecule has 0 N–H and O–H groups in total. The molecule has 142 valence electrons. The second-order valence-corrected chi connectivity index (χ2v) is 9.62. The molecule has 2 aromatic rings. The van der Waals surface area contributed by atoms with Crippen LogP contribution in [0.25, 0.3) is 11.1 Å². The Kier molecular flexibility index (Phi) is 4.98. The Morgan fingerprint density at radius 2 is 1.92 bits per heavy atom. The molecule has 0 amide bonds. The summed E-state index contributed by atoms with van der Waals surface area (Å²) in [4.78, 5) is 4.56. The maximum absolute atomic E-state index is 13.0. The monoisotopic (exact) mass is 397 g/mol. The first-order chi connectivity index (χ1) is 12.4. The number of fused-ring (bicyclic) bond motifs is 1. The van der Waals surface area contributed by atoms with Crippen molar-refractivity contribution in [3.05, 3.63) is 29.1 Å². The van der Waals surface area contributed by atoms with Gasteiger partial charge in [-0.25, -0.2) is 4.98 Å². The predicted octanol–water partition coefficient (Wildman–Crippen LogP) is 3.78. The van der Waals surface area contributed by atoms with E-state index in [9.17, 15) is 8.42 Å². The average Bonchev–Trinajstić information content (AvgIpc) is 3.05. The molecule has 2 aliphatic heterocycles. The van der Waals surface area contributed by atoms with E-state index in [4.69, 9.17) is 16.0 Å². The van der Waals surface area contributed by atoms with Gasteiger partial charge in [0.15, 0.2) is 11.5 Å². The standard InChI is InChI=1S/C18H24ClN3O3S/c1-13-4-2-3-9-22(13)26(23,24)21-10-7-14(8-11-21)18-20-16-12-15(19)5-6-17(16)25-18/h5-6,12-14H,2-4,7-11H2,1H3/t13-/m1/s1. The van der Waals surface area contributed by atoms with Crippen molar-refractivity contribution in [1.29, 1.82) is 0 Å². The van der Waals surface area contributed by atoms with Crippen LogP contribution in [0.3, 0.4) is 0 Å². The van der Waals surface area contributed by atoms with Crippen molar-refractivity contribution >= 4 is 32.9 Å². The number of hydrogen-bond donors (Lipinski definition) is 0. The Hall–Kier alpha value is -1.15. The molecule has 26 heavy (non-hydrogen) atoms. The Balaban J connectivity index is 1.46. The fourth-order valence-electron chi connectivity index (χ4n) is 3.99. The van der Waals surface area contributed by atoms with Gasteiger partial charge in [-0.15, -0.1) is 0 Å². The van der Waals surface area contributed by atoms with E-state index < -0.39 is 10.2 Å². The lowest BCUT2D eigenvalue weighted by molar-refractivity contribution is 0.226. The molecule has 0 unspecified atom stereocenters. The van der Waals surface area contributed by atoms with Crippen LogP contribution >= 0.6 is 11.6 Å². The van der Waals surface area contributed by atoms with Crippen molar-refractivity contribution in [2.24, 2.45) is 0 Å². The molecule has 0 radical (unpaired) electrons. The van der Waals surface area contributed by atoms with Crippen molar-refractivity contribution in [3.8, 4) is 0 Å². The molecule has 2 fully saturated rings. The van der Waals surface area contributed by atoms with Gasteiger partial charge in [-0.2, -0.15) is 17.0 Å². The van der Waals surface area contributed by atoms with Gasteiger partial charge >= 0.3 is 0 Å². The van der Waals surface area contributed by atoms with Crippen LogP contribution in [0.5, 0.6) is 0 Å². The lowest BCUT2D eigenvalue weighted by atomic mass is 9.98. The van der Waals surface area contributed by atoms with Crippen LogP contribution in [0.2, 0.25) is 5.02 Å². The maximum Gasteiger partial charge on any atom is 0.282 e. The lowest BCUT2D eigenvalue weighted by Crippen LogP contribution is -2.51. The molecule has 1 aromatic heterocycles. The van der Waals surface area contributed by atoms with Gasteiger partial charge in [-0.1, -0.05) is 18.0 Å². The number of hydrogen-bond acceptors (Lipinski definition) is 4. The highest BCUT2D eigenvalue weighted by Gasteiger charge is 2.37. The third-order valence-corrected chi connectivity index (χ3v) is 7.92. The molecule has 0 bridgehead atoms. The highest BCUT2D eigenvalue weighted by atomic mass is 35.5. The molecular weight excluding hydrogens is 374 g/mol. The third kappa shape index (κ3) is 3.38. The van der Waals surface area contributed by atoms with Crippen molar-refractivity contribution in [3.63, 3.8) is 0 Å². The Morgan fingerprint density at radius 3 is 2.65 bits per heavy atom. The number of oxazole rings is 1. The fraction of sp³-hybridized carbons (Fsp3) is 0.611. The summed E-state index contributed by atoms with van der Waals surface area (Å²) in [6.07, 6.45) is 4.45. The lowest BCUT2D eigenvalue weighted by Gasteiger charge is -2.38. The van der Waals surface area contributed by atoms with E-state index in [1.807, 2.05) is 13.0 Å². The van der Waals surface area contributed by atoms with Gasteiger partial charge in [0.05, 0.1) is 0 Å². The van der Waals surface area contributed by atoms with Crippen LogP contribution in [-0.4, -0.2) is 47.7 Å². The summed E-state index contributed by atoms with van der Waals surface area (Å²) >= 11 is 6.01. The first kappa shape index (κ1) is 18.2. The van der Waals surface area contributed by atoms with Gasteiger partial charge in [-0.3, -0.25) is 0 Å². The third-order valence-electron chi connectivity index (χ3n) is 5.53. The summed E-state index contributed by atoms with van der Waals surface area (Å²) in [7, 11) is -3.37. The van der Waals surface area contributed by atoms with Crippen molar-refractivity contribution in [1.82, 2.24) is 13.6 Å². The molecule has 2 aliphatic rings. The minimum absolute atomic E-state index is 0.0910. The minimum atomic E-state index is -3.37. The highest BCUT2D eigenvalue weighted by Crippen LogP contribution is 2.33. The Morgan fingerprint density at radius 1 is 1.15 bits per heavy atom. The summed E-state index contributed by atoms with van der Waals surface area (Å²) in [5.41, 5.74) is 1.48. The number of halogens is 1. The van der Waals surface area contributed by atoms with Crippen molar-refractivity contribution < 1.29 is 12.8 Å². The summed E-state index contributed by atoms with van der Waals surface area (Å²) in [5.74, 6) is 0.831. The van der Waals surface area contributed by atoms with E-state index in [-0.39, 0.29) is 12.0 Å². The summed E-state index contributed by atoms with van der Waals surface area (Å²) in [5, 5.41) is 0.633. The smallest absolute Gasteiger partial charge is 0.282 e. The zero-order valence-corrected chi connectivity index (χ0v) is 16.5. The minimum Gasteiger partial charge on any atom is -0.440 e. The van der Waals surface area contributed by atoms with E-state index in [1.54, 1.807) is 20.7 Å². The van der Waals surface area contributed by atoms with Crippen molar-refractivity contribution in [2.75, 3.05) is 19.6 Å². The molecule has 0 spiro atoms. The predicted molar refractivity (Wildman–Crippen MR) is 102 cm³/mol. The van der Waals surface area contributed by atoms with Gasteiger partial charge < -0.3 is 4.42 Å². The van der Waals surface area contributed by atoms with Gasteiger partial charge in [0.2, 0.25) is 0 Å². The zero-order chi connectivity index (χ0) is 18.3. The molecule has 1 aromatic carbocycles. The molecule has 6 nitrogen and oxygen atoms in total. The maximum atomic E-state index is 13.0.